The van der Waals surface area contributed by atoms with Crippen LogP contribution in [0, 0.1) is 10.1 Å². The molecular weight excluding hydrogens is 182 g/mol. The average Bonchev–Trinajstić information content (AvgIpc) is 2.17. The van der Waals surface area contributed by atoms with E-state index in [-0.39, 0.29) is 5.69 Å². The summed E-state index contributed by atoms with van der Waals surface area (Å²) in [4.78, 5) is 13.9. The van der Waals surface area contributed by atoms with E-state index in [4.69, 9.17) is 5.73 Å². The fraction of sp³-hybridized carbons (Fsp3) is 0. The summed E-state index contributed by atoms with van der Waals surface area (Å²) in [6, 6.07) is 6.20. The maximum absolute atomic E-state index is 10.5. The first-order chi connectivity index (χ1) is 6.68. The van der Waals surface area contributed by atoms with E-state index < -0.39 is 4.92 Å². The van der Waals surface area contributed by atoms with Gasteiger partial charge >= 0.3 is 0 Å². The van der Waals surface area contributed by atoms with Crippen molar-refractivity contribution in [3.05, 3.63) is 40.6 Å². The Bertz CT molecular complexity index is 510. The van der Waals surface area contributed by atoms with Gasteiger partial charge in [-0.05, 0) is 17.5 Å². The molecule has 0 aliphatic carbocycles. The molecule has 0 aliphatic heterocycles. The van der Waals surface area contributed by atoms with Crippen molar-refractivity contribution in [1.82, 2.24) is 4.98 Å². The summed E-state index contributed by atoms with van der Waals surface area (Å²) in [5, 5.41) is 12.0. The van der Waals surface area contributed by atoms with Crippen LogP contribution in [0.2, 0.25) is 0 Å². The summed E-state index contributed by atoms with van der Waals surface area (Å²) in [5.41, 5.74) is 5.66. The van der Waals surface area contributed by atoms with Crippen molar-refractivity contribution < 1.29 is 4.92 Å². The summed E-state index contributed by atoms with van der Waals surface area (Å²) >= 11 is 0. The molecule has 1 aromatic heterocycles. The van der Waals surface area contributed by atoms with Gasteiger partial charge in [-0.25, -0.2) is 4.98 Å². The summed E-state index contributed by atoms with van der Waals surface area (Å²) in [6.45, 7) is 0. The monoisotopic (exact) mass is 189 g/mol. The maximum atomic E-state index is 10.5. The summed E-state index contributed by atoms with van der Waals surface area (Å²) in [7, 11) is 0. The number of nitro groups is 1. The molecule has 2 aromatic rings. The highest BCUT2D eigenvalue weighted by molar-refractivity contribution is 5.92. The quantitative estimate of drug-likeness (QED) is 0.547. The molecule has 0 spiro atoms. The van der Waals surface area contributed by atoms with Crippen molar-refractivity contribution in [1.29, 1.82) is 0 Å². The molecule has 5 nitrogen and oxygen atoms in total. The first kappa shape index (κ1) is 8.43. The molecule has 0 atom stereocenters. The Labute approximate surface area is 79.3 Å². The zero-order valence-electron chi connectivity index (χ0n) is 7.18. The van der Waals surface area contributed by atoms with E-state index in [0.717, 1.165) is 10.8 Å². The Kier molecular flexibility index (Phi) is 1.78. The topological polar surface area (TPSA) is 82.0 Å². The van der Waals surface area contributed by atoms with Gasteiger partial charge in [0.2, 0.25) is 0 Å². The first-order valence-corrected chi connectivity index (χ1v) is 3.97. The van der Waals surface area contributed by atoms with E-state index in [1.54, 1.807) is 12.1 Å². The molecule has 0 aliphatic rings. The molecule has 0 amide bonds. The SMILES string of the molecule is Nc1nccc2cc([N+](=O)[O-])ccc12. The molecule has 1 heterocycles. The maximum Gasteiger partial charge on any atom is 0.270 e. The number of nitrogens with two attached hydrogens (primary N) is 1. The predicted molar refractivity (Wildman–Crippen MR) is 52.8 cm³/mol. The normalized spacial score (nSPS) is 10.3. The van der Waals surface area contributed by atoms with Crippen molar-refractivity contribution in [2.24, 2.45) is 0 Å². The number of aromatic nitrogens is 1. The van der Waals surface area contributed by atoms with Crippen LogP contribution in [0.4, 0.5) is 11.5 Å². The minimum Gasteiger partial charge on any atom is -0.383 e. The molecule has 5 heteroatoms. The van der Waals surface area contributed by atoms with E-state index in [2.05, 4.69) is 4.98 Å². The lowest BCUT2D eigenvalue weighted by Gasteiger charge is -1.99. The van der Waals surface area contributed by atoms with Crippen LogP contribution < -0.4 is 5.73 Å². The molecule has 0 saturated carbocycles. The molecular formula is C9H7N3O2. The zero-order valence-corrected chi connectivity index (χ0v) is 7.18. The third kappa shape index (κ3) is 1.24. The molecule has 1 aromatic carbocycles. The number of non-ortho nitro benzene ring substituents is 1. The Hall–Kier alpha value is -2.17. The smallest absolute Gasteiger partial charge is 0.270 e. The molecule has 0 unspecified atom stereocenters. The molecule has 2 N–H and O–H groups in total. The van der Waals surface area contributed by atoms with Crippen LogP contribution >= 0.6 is 0 Å². The van der Waals surface area contributed by atoms with Crippen LogP contribution in [0.3, 0.4) is 0 Å². The van der Waals surface area contributed by atoms with Crippen LogP contribution in [0.25, 0.3) is 10.8 Å². The van der Waals surface area contributed by atoms with Crippen molar-refractivity contribution >= 4 is 22.3 Å². The number of nitrogen functional groups attached to an aromatic ring is 1. The first-order valence-electron chi connectivity index (χ1n) is 3.97. The van der Waals surface area contributed by atoms with Crippen LogP contribution in [0.1, 0.15) is 0 Å². The van der Waals surface area contributed by atoms with Crippen molar-refractivity contribution in [2.45, 2.75) is 0 Å². The average molecular weight is 189 g/mol. The van der Waals surface area contributed by atoms with Gasteiger partial charge in [-0.2, -0.15) is 0 Å². The lowest BCUT2D eigenvalue weighted by atomic mass is 10.1. The Morgan fingerprint density at radius 3 is 2.86 bits per heavy atom. The summed E-state index contributed by atoms with van der Waals surface area (Å²) < 4.78 is 0. The zero-order chi connectivity index (χ0) is 10.1. The number of rotatable bonds is 1. The highest BCUT2D eigenvalue weighted by Gasteiger charge is 2.06. The van der Waals surface area contributed by atoms with Gasteiger partial charge in [0, 0.05) is 23.7 Å². The van der Waals surface area contributed by atoms with E-state index in [9.17, 15) is 10.1 Å². The second kappa shape index (κ2) is 2.95. The molecule has 70 valence electrons. The number of fused-ring (bicyclic) bond motifs is 1. The number of hydrogen-bond acceptors (Lipinski definition) is 4. The van der Waals surface area contributed by atoms with Crippen LogP contribution in [0.15, 0.2) is 30.5 Å². The van der Waals surface area contributed by atoms with Gasteiger partial charge in [0.15, 0.2) is 0 Å². The minimum absolute atomic E-state index is 0.0584. The van der Waals surface area contributed by atoms with Gasteiger partial charge in [0.05, 0.1) is 4.92 Å². The summed E-state index contributed by atoms with van der Waals surface area (Å²) in [5.74, 6) is 0.386. The largest absolute Gasteiger partial charge is 0.383 e. The van der Waals surface area contributed by atoms with Crippen molar-refractivity contribution in [3.63, 3.8) is 0 Å². The lowest BCUT2D eigenvalue weighted by Crippen LogP contribution is -1.92. The van der Waals surface area contributed by atoms with Crippen LogP contribution in [-0.2, 0) is 0 Å². The number of pyridine rings is 1. The van der Waals surface area contributed by atoms with Crippen LogP contribution in [0.5, 0.6) is 0 Å². The predicted octanol–water partition coefficient (Wildman–Crippen LogP) is 1.73. The number of nitrogens with zero attached hydrogens (tertiary/aromatic N) is 2. The van der Waals surface area contributed by atoms with E-state index in [1.165, 1.54) is 18.3 Å². The van der Waals surface area contributed by atoms with Crippen LogP contribution in [-0.4, -0.2) is 9.91 Å². The Morgan fingerprint density at radius 2 is 2.14 bits per heavy atom. The third-order valence-corrected chi connectivity index (χ3v) is 1.99. The van der Waals surface area contributed by atoms with Gasteiger partial charge in [0.25, 0.3) is 5.69 Å². The lowest BCUT2D eigenvalue weighted by molar-refractivity contribution is -0.384. The van der Waals surface area contributed by atoms with E-state index in [0.29, 0.717) is 5.82 Å². The molecule has 0 saturated heterocycles. The van der Waals surface area contributed by atoms with Gasteiger partial charge < -0.3 is 5.73 Å². The molecule has 2 rings (SSSR count). The summed E-state index contributed by atoms with van der Waals surface area (Å²) in [6.07, 6.45) is 1.53. The molecule has 14 heavy (non-hydrogen) atoms. The minimum atomic E-state index is -0.434. The van der Waals surface area contributed by atoms with Crippen molar-refractivity contribution in [2.75, 3.05) is 5.73 Å². The van der Waals surface area contributed by atoms with Gasteiger partial charge in [0.1, 0.15) is 5.82 Å². The second-order valence-electron chi connectivity index (χ2n) is 2.86. The number of hydrogen-bond donors (Lipinski definition) is 1. The van der Waals surface area contributed by atoms with Gasteiger partial charge in [-0.1, -0.05) is 0 Å². The number of anilines is 1. The highest BCUT2D eigenvalue weighted by atomic mass is 16.6. The van der Waals surface area contributed by atoms with Crippen molar-refractivity contribution in [3.8, 4) is 0 Å². The third-order valence-electron chi connectivity index (χ3n) is 1.99. The van der Waals surface area contributed by atoms with E-state index >= 15 is 0 Å². The molecule has 0 bridgehead atoms. The standard InChI is InChI=1S/C9H7N3O2/c10-9-8-2-1-7(12(13)14)5-6(8)3-4-11-9/h1-5H,(H2,10,11). The Balaban J connectivity index is 2.73. The fourth-order valence-corrected chi connectivity index (χ4v) is 1.30. The van der Waals surface area contributed by atoms with Gasteiger partial charge in [-0.3, -0.25) is 10.1 Å². The van der Waals surface area contributed by atoms with Gasteiger partial charge in [-0.15, -0.1) is 0 Å². The molecule has 0 fully saturated rings. The van der Waals surface area contributed by atoms with E-state index in [1.807, 2.05) is 0 Å². The highest BCUT2D eigenvalue weighted by Crippen LogP contribution is 2.23. The fourth-order valence-electron chi connectivity index (χ4n) is 1.30. The number of nitro benzene ring substituents is 1. The Morgan fingerprint density at radius 1 is 1.36 bits per heavy atom. The molecule has 0 radical (unpaired) electrons. The second-order valence-corrected chi connectivity index (χ2v) is 2.86. The number of benzene rings is 1.